The molecule has 0 heterocycles. The number of hydrogen-bond acceptors (Lipinski definition) is 4. The van der Waals surface area contributed by atoms with Gasteiger partial charge in [-0.3, -0.25) is 4.79 Å². The van der Waals surface area contributed by atoms with Gasteiger partial charge in [0.05, 0.1) is 11.4 Å². The zero-order valence-electron chi connectivity index (χ0n) is 10.5. The van der Waals surface area contributed by atoms with Crippen LogP contribution in [0, 0.1) is 0 Å². The molecule has 1 aromatic carbocycles. The van der Waals surface area contributed by atoms with E-state index >= 15 is 0 Å². The first-order valence-electron chi connectivity index (χ1n) is 5.20. The maximum atomic E-state index is 12.1. The predicted octanol–water partition coefficient (Wildman–Crippen LogP) is 0.101. The lowest BCUT2D eigenvalue weighted by atomic mass is 10.3. The fourth-order valence-corrected chi connectivity index (χ4v) is 2.34. The Morgan fingerprint density at radius 3 is 2.11 bits per heavy atom. The largest absolute Gasteiger partial charge is 0.508 e. The number of amides is 1. The number of hydrogen-bond donors (Lipinski definition) is 1. The van der Waals surface area contributed by atoms with Crippen LogP contribution >= 0.6 is 0 Å². The van der Waals surface area contributed by atoms with Crippen LogP contribution in [0.1, 0.15) is 0 Å². The van der Waals surface area contributed by atoms with Crippen molar-refractivity contribution in [2.24, 2.45) is 0 Å². The number of phenolic OH excluding ortho intramolecular Hbond substituents is 1. The van der Waals surface area contributed by atoms with E-state index in [1.54, 1.807) is 14.1 Å². The van der Waals surface area contributed by atoms with Crippen LogP contribution in [0.25, 0.3) is 0 Å². The Morgan fingerprint density at radius 1 is 1.17 bits per heavy atom. The average molecular weight is 272 g/mol. The number of likely N-dealkylation sites (N-methyl/N-ethyl adjacent to an activating group) is 2. The molecule has 0 radical (unpaired) electrons. The van der Waals surface area contributed by atoms with Crippen LogP contribution in [0.4, 0.5) is 0 Å². The second kappa shape index (κ2) is 5.36. The standard InChI is InChI=1S/C11H16N2O4S/c1-12(2)11(15)8-13(3)18(16,17)10-6-4-9(14)5-7-10/h4-7,14H,8H2,1-3H3. The number of nitrogens with zero attached hydrogens (tertiary/aromatic N) is 2. The predicted molar refractivity (Wildman–Crippen MR) is 66.6 cm³/mol. The van der Waals surface area contributed by atoms with Crippen LogP contribution in [0.5, 0.6) is 5.75 Å². The summed E-state index contributed by atoms with van der Waals surface area (Å²) in [5.74, 6) is -0.319. The SMILES string of the molecule is CN(C)C(=O)CN(C)S(=O)(=O)c1ccc(O)cc1. The Bertz CT molecular complexity index is 522. The number of sulfonamides is 1. The minimum atomic E-state index is -3.71. The van der Waals surface area contributed by atoms with Crippen molar-refractivity contribution in [1.29, 1.82) is 0 Å². The van der Waals surface area contributed by atoms with Crippen molar-refractivity contribution >= 4 is 15.9 Å². The van der Waals surface area contributed by atoms with E-state index in [0.717, 1.165) is 4.31 Å². The van der Waals surface area contributed by atoms with Gasteiger partial charge in [0.1, 0.15) is 5.75 Å². The molecule has 1 N–H and O–H groups in total. The smallest absolute Gasteiger partial charge is 0.243 e. The van der Waals surface area contributed by atoms with Gasteiger partial charge in [-0.05, 0) is 24.3 Å². The molecule has 0 aromatic heterocycles. The Balaban J connectivity index is 2.93. The molecule has 0 unspecified atom stereocenters. The summed E-state index contributed by atoms with van der Waals surface area (Å²) in [7, 11) is 0.745. The summed E-state index contributed by atoms with van der Waals surface area (Å²) < 4.78 is 25.1. The van der Waals surface area contributed by atoms with Crippen molar-refractivity contribution in [2.45, 2.75) is 4.90 Å². The molecule has 6 nitrogen and oxygen atoms in total. The minimum Gasteiger partial charge on any atom is -0.508 e. The van der Waals surface area contributed by atoms with E-state index in [2.05, 4.69) is 0 Å². The summed E-state index contributed by atoms with van der Waals surface area (Å²) in [6.45, 7) is -0.226. The van der Waals surface area contributed by atoms with Gasteiger partial charge in [-0.15, -0.1) is 0 Å². The van der Waals surface area contributed by atoms with Gasteiger partial charge in [-0.2, -0.15) is 4.31 Å². The number of phenols is 1. The van der Waals surface area contributed by atoms with Crippen molar-refractivity contribution < 1.29 is 18.3 Å². The van der Waals surface area contributed by atoms with E-state index in [4.69, 9.17) is 5.11 Å². The van der Waals surface area contributed by atoms with Crippen LogP contribution in [-0.4, -0.2) is 56.3 Å². The summed E-state index contributed by atoms with van der Waals surface area (Å²) >= 11 is 0. The molecule has 7 heteroatoms. The monoisotopic (exact) mass is 272 g/mol. The second-order valence-corrected chi connectivity index (χ2v) is 6.09. The highest BCUT2D eigenvalue weighted by Gasteiger charge is 2.23. The molecule has 18 heavy (non-hydrogen) atoms. The van der Waals surface area contributed by atoms with Gasteiger partial charge in [0.2, 0.25) is 15.9 Å². The van der Waals surface area contributed by atoms with E-state index in [-0.39, 0.29) is 23.1 Å². The van der Waals surface area contributed by atoms with Crippen molar-refractivity contribution in [3.8, 4) is 5.75 Å². The topological polar surface area (TPSA) is 77.9 Å². The van der Waals surface area contributed by atoms with Gasteiger partial charge in [0.15, 0.2) is 0 Å². The molecule has 0 spiro atoms. The van der Waals surface area contributed by atoms with Crippen LogP contribution in [-0.2, 0) is 14.8 Å². The molecule has 0 fully saturated rings. The molecule has 0 saturated heterocycles. The van der Waals surface area contributed by atoms with Gasteiger partial charge in [-0.1, -0.05) is 0 Å². The lowest BCUT2D eigenvalue weighted by Crippen LogP contribution is -2.37. The van der Waals surface area contributed by atoms with Gasteiger partial charge in [0, 0.05) is 21.1 Å². The average Bonchev–Trinajstić information content (AvgIpc) is 2.29. The van der Waals surface area contributed by atoms with Crippen LogP contribution in [0.2, 0.25) is 0 Å². The quantitative estimate of drug-likeness (QED) is 0.843. The third-order valence-corrected chi connectivity index (χ3v) is 4.22. The molecule has 1 amide bonds. The van der Waals surface area contributed by atoms with E-state index in [1.807, 2.05) is 0 Å². The van der Waals surface area contributed by atoms with Gasteiger partial charge < -0.3 is 10.0 Å². The van der Waals surface area contributed by atoms with Crippen molar-refractivity contribution in [1.82, 2.24) is 9.21 Å². The Labute approximate surface area is 106 Å². The van der Waals surface area contributed by atoms with Crippen LogP contribution in [0.3, 0.4) is 0 Å². The normalized spacial score (nSPS) is 11.6. The molecule has 1 aromatic rings. The molecular weight excluding hydrogens is 256 g/mol. The highest BCUT2D eigenvalue weighted by Crippen LogP contribution is 2.17. The second-order valence-electron chi connectivity index (χ2n) is 4.04. The minimum absolute atomic E-state index is 0.0130. The zero-order valence-corrected chi connectivity index (χ0v) is 11.3. The fourth-order valence-electron chi connectivity index (χ4n) is 1.21. The number of benzene rings is 1. The van der Waals surface area contributed by atoms with E-state index in [1.165, 1.54) is 36.2 Å². The molecule has 0 atom stereocenters. The van der Waals surface area contributed by atoms with E-state index < -0.39 is 10.0 Å². The summed E-state index contributed by atoms with van der Waals surface area (Å²) in [5.41, 5.74) is 0. The number of rotatable bonds is 4. The van der Waals surface area contributed by atoms with Crippen molar-refractivity contribution in [3.05, 3.63) is 24.3 Å². The zero-order chi connectivity index (χ0) is 13.9. The molecule has 0 aliphatic rings. The Kier molecular flexibility index (Phi) is 4.31. The third-order valence-electron chi connectivity index (χ3n) is 2.40. The Morgan fingerprint density at radius 2 is 1.67 bits per heavy atom. The molecule has 0 bridgehead atoms. The first kappa shape index (κ1) is 14.5. The molecular formula is C11H16N2O4S. The molecule has 0 aliphatic carbocycles. The third kappa shape index (κ3) is 3.21. The van der Waals surface area contributed by atoms with Crippen LogP contribution in [0.15, 0.2) is 29.2 Å². The van der Waals surface area contributed by atoms with Crippen molar-refractivity contribution in [2.75, 3.05) is 27.7 Å². The molecule has 0 aliphatic heterocycles. The highest BCUT2D eigenvalue weighted by atomic mass is 32.2. The highest BCUT2D eigenvalue weighted by molar-refractivity contribution is 7.89. The number of carbonyl (C=O) groups is 1. The Hall–Kier alpha value is -1.60. The van der Waals surface area contributed by atoms with Crippen molar-refractivity contribution in [3.63, 3.8) is 0 Å². The number of aromatic hydroxyl groups is 1. The summed E-state index contributed by atoms with van der Waals surface area (Å²) in [5, 5.41) is 9.11. The summed E-state index contributed by atoms with van der Waals surface area (Å²) in [4.78, 5) is 12.8. The maximum absolute atomic E-state index is 12.1. The van der Waals surface area contributed by atoms with Gasteiger partial charge >= 0.3 is 0 Å². The fraction of sp³-hybridized carbons (Fsp3) is 0.364. The van der Waals surface area contributed by atoms with E-state index in [0.29, 0.717) is 0 Å². The first-order chi connectivity index (χ1) is 8.25. The summed E-state index contributed by atoms with van der Waals surface area (Å²) in [6.07, 6.45) is 0. The van der Waals surface area contributed by atoms with Crippen LogP contribution < -0.4 is 0 Å². The van der Waals surface area contributed by atoms with Gasteiger partial charge in [0.25, 0.3) is 0 Å². The van der Waals surface area contributed by atoms with E-state index in [9.17, 15) is 13.2 Å². The van der Waals surface area contributed by atoms with Gasteiger partial charge in [-0.25, -0.2) is 8.42 Å². The maximum Gasteiger partial charge on any atom is 0.243 e. The summed E-state index contributed by atoms with van der Waals surface area (Å²) in [6, 6.07) is 5.16. The lowest BCUT2D eigenvalue weighted by molar-refractivity contribution is -0.128. The lowest BCUT2D eigenvalue weighted by Gasteiger charge is -2.19. The molecule has 1 rings (SSSR count). The number of carbonyl (C=O) groups excluding carboxylic acids is 1. The molecule has 100 valence electrons. The molecule has 0 saturated carbocycles. The first-order valence-corrected chi connectivity index (χ1v) is 6.64.